The number of aromatic nitrogens is 1. The second-order valence-electron chi connectivity index (χ2n) is 8.11. The van der Waals surface area contributed by atoms with E-state index in [1.54, 1.807) is 20.9 Å². The Kier molecular flexibility index (Phi) is 6.36. The summed E-state index contributed by atoms with van der Waals surface area (Å²) in [6.07, 6.45) is 7.65. The van der Waals surface area contributed by atoms with Crippen molar-refractivity contribution in [3.05, 3.63) is 23.9 Å². The first-order valence-electron chi connectivity index (χ1n) is 10.8. The lowest BCUT2D eigenvalue weighted by atomic mass is 10.1. The Morgan fingerprint density at radius 1 is 0.793 bits per heavy atom. The van der Waals surface area contributed by atoms with E-state index in [4.69, 9.17) is 0 Å². The highest BCUT2D eigenvalue weighted by Crippen LogP contribution is 2.21. The Morgan fingerprint density at radius 2 is 1.45 bits per heavy atom. The minimum atomic E-state index is -3.37. The maximum Gasteiger partial charge on any atom is 0.282 e. The molecule has 0 aromatic carbocycles. The minimum Gasteiger partial charge on any atom is -0.355 e. The summed E-state index contributed by atoms with van der Waals surface area (Å²) in [5.41, 5.74) is 0.669. The van der Waals surface area contributed by atoms with Crippen molar-refractivity contribution in [2.24, 2.45) is 0 Å². The summed E-state index contributed by atoms with van der Waals surface area (Å²) in [7, 11) is -3.37. The molecule has 0 unspecified atom stereocenters. The molecule has 4 heterocycles. The number of carbonyl (C=O) groups excluding carboxylic acids is 1. The zero-order valence-corrected chi connectivity index (χ0v) is 17.8. The summed E-state index contributed by atoms with van der Waals surface area (Å²) in [6.45, 7) is 5.21. The summed E-state index contributed by atoms with van der Waals surface area (Å²) in [5.74, 6) is 0.828. The number of rotatable bonds is 4. The molecule has 9 heteroatoms. The number of nitrogens with zero attached hydrogens (tertiary/aromatic N) is 5. The van der Waals surface area contributed by atoms with E-state index in [1.807, 2.05) is 11.0 Å². The van der Waals surface area contributed by atoms with Crippen molar-refractivity contribution in [1.82, 2.24) is 18.5 Å². The fourth-order valence-corrected chi connectivity index (χ4v) is 6.16. The van der Waals surface area contributed by atoms with Crippen LogP contribution < -0.4 is 4.90 Å². The summed E-state index contributed by atoms with van der Waals surface area (Å²) in [4.78, 5) is 21.3. The summed E-state index contributed by atoms with van der Waals surface area (Å²) in [5, 5.41) is 0. The maximum atomic E-state index is 12.9. The standard InChI is InChI=1S/C20H31N5O3S/c26-20(23-9-2-1-3-10-23)18-7-8-21-19(17-18)22-11-6-14-25(16-15-22)29(27,28)24-12-4-5-13-24/h7-8,17H,1-6,9-16H2. The lowest BCUT2D eigenvalue weighted by Gasteiger charge is -2.28. The van der Waals surface area contributed by atoms with Crippen LogP contribution in [-0.4, -0.2) is 85.2 Å². The van der Waals surface area contributed by atoms with Gasteiger partial charge in [0.05, 0.1) is 0 Å². The minimum absolute atomic E-state index is 0.0707. The normalized spacial score (nSPS) is 22.6. The van der Waals surface area contributed by atoms with Gasteiger partial charge in [-0.2, -0.15) is 17.0 Å². The molecule has 0 bridgehead atoms. The van der Waals surface area contributed by atoms with Crippen molar-refractivity contribution in [3.63, 3.8) is 0 Å². The monoisotopic (exact) mass is 421 g/mol. The van der Waals surface area contributed by atoms with Gasteiger partial charge < -0.3 is 9.80 Å². The van der Waals surface area contributed by atoms with Crippen LogP contribution in [-0.2, 0) is 10.2 Å². The van der Waals surface area contributed by atoms with E-state index in [-0.39, 0.29) is 5.91 Å². The third-order valence-electron chi connectivity index (χ3n) is 6.13. The van der Waals surface area contributed by atoms with E-state index in [0.29, 0.717) is 38.3 Å². The van der Waals surface area contributed by atoms with E-state index >= 15 is 0 Å². The van der Waals surface area contributed by atoms with Crippen molar-refractivity contribution in [1.29, 1.82) is 0 Å². The second kappa shape index (κ2) is 8.97. The van der Waals surface area contributed by atoms with Crippen LogP contribution in [0.25, 0.3) is 0 Å². The van der Waals surface area contributed by atoms with Gasteiger partial charge in [0.25, 0.3) is 16.1 Å². The number of piperidine rings is 1. The molecule has 0 saturated carbocycles. The van der Waals surface area contributed by atoms with Crippen LogP contribution in [0.4, 0.5) is 5.82 Å². The molecule has 8 nitrogen and oxygen atoms in total. The number of carbonyl (C=O) groups is 1. The van der Waals surface area contributed by atoms with Gasteiger partial charge in [-0.15, -0.1) is 0 Å². The predicted octanol–water partition coefficient (Wildman–Crippen LogP) is 1.56. The molecule has 0 atom stereocenters. The first-order valence-corrected chi connectivity index (χ1v) is 12.2. The Bertz CT molecular complexity index is 819. The van der Waals surface area contributed by atoms with Crippen molar-refractivity contribution in [3.8, 4) is 0 Å². The largest absolute Gasteiger partial charge is 0.355 e. The molecule has 29 heavy (non-hydrogen) atoms. The van der Waals surface area contributed by atoms with Crippen LogP contribution in [0, 0.1) is 0 Å². The van der Waals surface area contributed by atoms with E-state index in [9.17, 15) is 13.2 Å². The Labute approximate surface area is 173 Å². The molecule has 3 fully saturated rings. The second-order valence-corrected chi connectivity index (χ2v) is 10.0. The average molecular weight is 422 g/mol. The predicted molar refractivity (Wildman–Crippen MR) is 112 cm³/mol. The number of anilines is 1. The van der Waals surface area contributed by atoms with Crippen LogP contribution >= 0.6 is 0 Å². The Balaban J connectivity index is 1.43. The average Bonchev–Trinajstić information content (AvgIpc) is 3.19. The quantitative estimate of drug-likeness (QED) is 0.737. The van der Waals surface area contributed by atoms with E-state index in [2.05, 4.69) is 9.88 Å². The molecule has 0 radical (unpaired) electrons. The maximum absolute atomic E-state index is 12.9. The number of hydrogen-bond acceptors (Lipinski definition) is 5. The van der Waals surface area contributed by atoms with Crippen molar-refractivity contribution >= 4 is 21.9 Å². The van der Waals surface area contributed by atoms with E-state index < -0.39 is 10.2 Å². The van der Waals surface area contributed by atoms with Crippen molar-refractivity contribution in [2.45, 2.75) is 38.5 Å². The molecule has 3 aliphatic rings. The Morgan fingerprint density at radius 3 is 2.21 bits per heavy atom. The van der Waals surface area contributed by atoms with E-state index in [1.165, 1.54) is 6.42 Å². The van der Waals surface area contributed by atoms with Gasteiger partial charge in [0, 0.05) is 64.1 Å². The molecule has 1 amide bonds. The van der Waals surface area contributed by atoms with Crippen LogP contribution in [0.1, 0.15) is 48.9 Å². The van der Waals surface area contributed by atoms with Gasteiger partial charge in [-0.05, 0) is 50.7 Å². The molecule has 3 saturated heterocycles. The number of amides is 1. The van der Waals surface area contributed by atoms with Crippen LogP contribution in [0.5, 0.6) is 0 Å². The van der Waals surface area contributed by atoms with Crippen LogP contribution in [0.2, 0.25) is 0 Å². The van der Waals surface area contributed by atoms with Gasteiger partial charge in [0.15, 0.2) is 0 Å². The topological polar surface area (TPSA) is 77.1 Å². The first-order chi connectivity index (χ1) is 14.1. The SMILES string of the molecule is O=C(c1ccnc(N2CCCN(S(=O)(=O)N3CCCC3)CC2)c1)N1CCCCC1. The Hall–Kier alpha value is -1.71. The molecular formula is C20H31N5O3S. The third-order valence-corrected chi connectivity index (χ3v) is 8.17. The zero-order valence-electron chi connectivity index (χ0n) is 17.0. The molecular weight excluding hydrogens is 390 g/mol. The summed E-state index contributed by atoms with van der Waals surface area (Å²) in [6, 6.07) is 3.64. The third kappa shape index (κ3) is 4.57. The fraction of sp³-hybridized carbons (Fsp3) is 0.700. The van der Waals surface area contributed by atoms with E-state index in [0.717, 1.165) is 57.6 Å². The van der Waals surface area contributed by atoms with Gasteiger partial charge in [0.1, 0.15) is 5.82 Å². The molecule has 0 aliphatic carbocycles. The van der Waals surface area contributed by atoms with Crippen LogP contribution in [0.3, 0.4) is 0 Å². The van der Waals surface area contributed by atoms with Gasteiger partial charge in [0.2, 0.25) is 0 Å². The van der Waals surface area contributed by atoms with Crippen LogP contribution in [0.15, 0.2) is 18.3 Å². The molecule has 0 N–H and O–H groups in total. The van der Waals surface area contributed by atoms with Crippen molar-refractivity contribution in [2.75, 3.05) is 57.3 Å². The van der Waals surface area contributed by atoms with Gasteiger partial charge in [-0.1, -0.05) is 0 Å². The lowest BCUT2D eigenvalue weighted by Crippen LogP contribution is -2.44. The molecule has 160 valence electrons. The molecule has 1 aromatic rings. The number of likely N-dealkylation sites (tertiary alicyclic amines) is 1. The smallest absolute Gasteiger partial charge is 0.282 e. The molecule has 1 aromatic heterocycles. The summed E-state index contributed by atoms with van der Waals surface area (Å²) >= 11 is 0. The highest BCUT2D eigenvalue weighted by Gasteiger charge is 2.33. The molecule has 4 rings (SSSR count). The van der Waals surface area contributed by atoms with Crippen molar-refractivity contribution < 1.29 is 13.2 Å². The van der Waals surface area contributed by atoms with Gasteiger partial charge in [-0.3, -0.25) is 4.79 Å². The highest BCUT2D eigenvalue weighted by atomic mass is 32.2. The number of hydrogen-bond donors (Lipinski definition) is 0. The number of pyridine rings is 1. The highest BCUT2D eigenvalue weighted by molar-refractivity contribution is 7.86. The molecule has 3 aliphatic heterocycles. The lowest BCUT2D eigenvalue weighted by molar-refractivity contribution is 0.0724. The zero-order chi connectivity index (χ0) is 20.3. The van der Waals surface area contributed by atoms with Gasteiger partial charge in [-0.25, -0.2) is 4.98 Å². The molecule has 0 spiro atoms. The summed E-state index contributed by atoms with van der Waals surface area (Å²) < 4.78 is 29.0. The first kappa shape index (κ1) is 20.6. The fourth-order valence-electron chi connectivity index (χ4n) is 4.44. The van der Waals surface area contributed by atoms with Gasteiger partial charge >= 0.3 is 0 Å².